The number of rotatable bonds is 6. The number of carbonyl (C=O) groups excluding carboxylic acids is 1. The minimum absolute atomic E-state index is 0.281. The number of nitrogens with one attached hydrogen (secondary N) is 1. The molecule has 2 unspecified atom stereocenters. The zero-order valence-electron chi connectivity index (χ0n) is 13.1. The van der Waals surface area contributed by atoms with Gasteiger partial charge in [-0.25, -0.2) is 4.79 Å². The fourth-order valence-corrected chi connectivity index (χ4v) is 1.93. The summed E-state index contributed by atoms with van der Waals surface area (Å²) in [6, 6.07) is 6.65. The standard InChI is InChI=1S/C16H25NO4/c1-16(2,3)21-15(20)12-8-6-5-7-11(12)14(19)13(18)9-10-17-4/h5-8,13-14,17-19H,9-10H2,1-4H3. The zero-order chi connectivity index (χ0) is 16.0. The Kier molecular flexibility index (Phi) is 6.33. The van der Waals surface area contributed by atoms with Crippen LogP contribution in [0.1, 0.15) is 49.2 Å². The van der Waals surface area contributed by atoms with Crippen molar-refractivity contribution in [2.24, 2.45) is 0 Å². The molecule has 0 aliphatic heterocycles. The number of hydrogen-bond acceptors (Lipinski definition) is 5. The Morgan fingerprint density at radius 1 is 1.29 bits per heavy atom. The van der Waals surface area contributed by atoms with Crippen LogP contribution in [0.15, 0.2) is 24.3 Å². The van der Waals surface area contributed by atoms with Gasteiger partial charge in [0.1, 0.15) is 11.7 Å². The monoisotopic (exact) mass is 295 g/mol. The van der Waals surface area contributed by atoms with Crippen LogP contribution in [-0.2, 0) is 4.74 Å². The average Bonchev–Trinajstić information content (AvgIpc) is 2.42. The summed E-state index contributed by atoms with van der Waals surface area (Å²) < 4.78 is 5.33. The topological polar surface area (TPSA) is 78.8 Å². The molecule has 0 aliphatic rings. The molecule has 0 spiro atoms. The molecular formula is C16H25NO4. The second-order valence-electron chi connectivity index (χ2n) is 5.99. The molecule has 0 saturated heterocycles. The van der Waals surface area contributed by atoms with E-state index in [1.807, 2.05) is 0 Å². The third kappa shape index (κ3) is 5.46. The van der Waals surface area contributed by atoms with Gasteiger partial charge in [-0.05, 0) is 52.4 Å². The van der Waals surface area contributed by atoms with Gasteiger partial charge in [0.05, 0.1) is 11.7 Å². The Hall–Kier alpha value is -1.43. The van der Waals surface area contributed by atoms with E-state index in [1.54, 1.807) is 52.1 Å². The number of benzene rings is 1. The maximum absolute atomic E-state index is 12.2. The molecule has 0 saturated carbocycles. The smallest absolute Gasteiger partial charge is 0.339 e. The Bertz CT molecular complexity index is 468. The first-order valence-electron chi connectivity index (χ1n) is 7.09. The third-order valence-corrected chi connectivity index (χ3v) is 2.95. The van der Waals surface area contributed by atoms with Gasteiger partial charge in [0, 0.05) is 0 Å². The average molecular weight is 295 g/mol. The lowest BCUT2D eigenvalue weighted by molar-refractivity contribution is 0.00223. The molecule has 5 heteroatoms. The Balaban J connectivity index is 2.95. The summed E-state index contributed by atoms with van der Waals surface area (Å²) >= 11 is 0. The second kappa shape index (κ2) is 7.54. The van der Waals surface area contributed by atoms with Crippen molar-refractivity contribution in [2.45, 2.75) is 45.0 Å². The lowest BCUT2D eigenvalue weighted by Gasteiger charge is -2.23. The fraction of sp³-hybridized carbons (Fsp3) is 0.562. The molecule has 1 rings (SSSR count). The van der Waals surface area contributed by atoms with Gasteiger partial charge in [-0.1, -0.05) is 18.2 Å². The summed E-state index contributed by atoms with van der Waals surface area (Å²) in [5.74, 6) is -0.502. The molecule has 0 heterocycles. The van der Waals surface area contributed by atoms with Crippen LogP contribution in [0, 0.1) is 0 Å². The SMILES string of the molecule is CNCCC(O)C(O)c1ccccc1C(=O)OC(C)(C)C. The van der Waals surface area contributed by atoms with E-state index in [0.717, 1.165) is 0 Å². The van der Waals surface area contributed by atoms with Crippen LogP contribution >= 0.6 is 0 Å². The highest BCUT2D eigenvalue weighted by atomic mass is 16.6. The number of aliphatic hydroxyl groups excluding tert-OH is 2. The Morgan fingerprint density at radius 2 is 1.90 bits per heavy atom. The number of hydrogen-bond donors (Lipinski definition) is 3. The van der Waals surface area contributed by atoms with Gasteiger partial charge in [0.2, 0.25) is 0 Å². The largest absolute Gasteiger partial charge is 0.456 e. The van der Waals surface area contributed by atoms with Crippen molar-refractivity contribution < 1.29 is 19.7 Å². The second-order valence-corrected chi connectivity index (χ2v) is 5.99. The highest BCUT2D eigenvalue weighted by molar-refractivity contribution is 5.91. The highest BCUT2D eigenvalue weighted by Crippen LogP contribution is 2.24. The van der Waals surface area contributed by atoms with Crippen LogP contribution in [0.2, 0.25) is 0 Å². The van der Waals surface area contributed by atoms with Gasteiger partial charge in [0.15, 0.2) is 0 Å². The molecule has 0 bridgehead atoms. The van der Waals surface area contributed by atoms with Crippen molar-refractivity contribution in [1.29, 1.82) is 0 Å². The molecule has 118 valence electrons. The van der Waals surface area contributed by atoms with Crippen molar-refractivity contribution in [2.75, 3.05) is 13.6 Å². The first-order valence-corrected chi connectivity index (χ1v) is 7.09. The zero-order valence-corrected chi connectivity index (χ0v) is 13.1. The Labute approximate surface area is 125 Å². The molecule has 5 nitrogen and oxygen atoms in total. The van der Waals surface area contributed by atoms with E-state index in [1.165, 1.54) is 0 Å². The van der Waals surface area contributed by atoms with Gasteiger partial charge in [-0.3, -0.25) is 0 Å². The molecule has 3 N–H and O–H groups in total. The summed E-state index contributed by atoms with van der Waals surface area (Å²) in [6.07, 6.45) is -1.68. The van der Waals surface area contributed by atoms with Gasteiger partial charge in [-0.15, -0.1) is 0 Å². The molecule has 1 aromatic rings. The minimum atomic E-state index is -1.12. The maximum Gasteiger partial charge on any atom is 0.339 e. The van der Waals surface area contributed by atoms with Gasteiger partial charge in [0.25, 0.3) is 0 Å². The van der Waals surface area contributed by atoms with E-state index in [0.29, 0.717) is 18.5 Å². The van der Waals surface area contributed by atoms with E-state index < -0.39 is 23.8 Å². The number of aliphatic hydroxyl groups is 2. The van der Waals surface area contributed by atoms with Crippen molar-refractivity contribution in [1.82, 2.24) is 5.32 Å². The minimum Gasteiger partial charge on any atom is -0.456 e. The fourth-order valence-electron chi connectivity index (χ4n) is 1.93. The molecule has 1 aromatic carbocycles. The maximum atomic E-state index is 12.2. The summed E-state index contributed by atoms with van der Waals surface area (Å²) in [4.78, 5) is 12.2. The van der Waals surface area contributed by atoms with Gasteiger partial charge in [-0.2, -0.15) is 0 Å². The number of esters is 1. The van der Waals surface area contributed by atoms with Crippen molar-refractivity contribution in [3.8, 4) is 0 Å². The molecule has 0 radical (unpaired) electrons. The summed E-state index contributed by atoms with van der Waals surface area (Å²) in [5, 5.41) is 23.2. The molecule has 21 heavy (non-hydrogen) atoms. The molecular weight excluding hydrogens is 270 g/mol. The van der Waals surface area contributed by atoms with Crippen LogP contribution in [0.4, 0.5) is 0 Å². The van der Waals surface area contributed by atoms with Crippen LogP contribution in [0.25, 0.3) is 0 Å². The third-order valence-electron chi connectivity index (χ3n) is 2.95. The molecule has 0 aliphatic carbocycles. The molecule has 0 amide bonds. The normalized spacial score (nSPS) is 14.6. The lowest BCUT2D eigenvalue weighted by Crippen LogP contribution is -2.27. The van der Waals surface area contributed by atoms with Crippen molar-refractivity contribution in [3.05, 3.63) is 35.4 Å². The van der Waals surface area contributed by atoms with E-state index in [2.05, 4.69) is 5.32 Å². The Morgan fingerprint density at radius 3 is 2.48 bits per heavy atom. The first kappa shape index (κ1) is 17.6. The highest BCUT2D eigenvalue weighted by Gasteiger charge is 2.26. The quantitative estimate of drug-likeness (QED) is 0.695. The van der Waals surface area contributed by atoms with E-state index >= 15 is 0 Å². The van der Waals surface area contributed by atoms with Crippen LogP contribution in [0.5, 0.6) is 0 Å². The summed E-state index contributed by atoms with van der Waals surface area (Å²) in [5.41, 5.74) is 0.0543. The van der Waals surface area contributed by atoms with Crippen molar-refractivity contribution in [3.63, 3.8) is 0 Å². The van der Waals surface area contributed by atoms with E-state index in [9.17, 15) is 15.0 Å². The van der Waals surface area contributed by atoms with Gasteiger partial charge >= 0.3 is 5.97 Å². The van der Waals surface area contributed by atoms with Crippen molar-refractivity contribution >= 4 is 5.97 Å². The lowest BCUT2D eigenvalue weighted by atomic mass is 9.97. The first-order chi connectivity index (χ1) is 9.76. The predicted octanol–water partition coefficient (Wildman–Crippen LogP) is 1.65. The van der Waals surface area contributed by atoms with E-state index in [-0.39, 0.29) is 5.56 Å². The summed E-state index contributed by atoms with van der Waals surface area (Å²) in [7, 11) is 1.77. The number of ether oxygens (including phenoxy) is 1. The molecule has 2 atom stereocenters. The number of carbonyl (C=O) groups is 1. The molecule has 0 aromatic heterocycles. The molecule has 0 fully saturated rings. The van der Waals surface area contributed by atoms with Crippen LogP contribution < -0.4 is 5.32 Å². The predicted molar refractivity (Wildman–Crippen MR) is 81.1 cm³/mol. The van der Waals surface area contributed by atoms with Gasteiger partial charge < -0.3 is 20.3 Å². The van der Waals surface area contributed by atoms with Crippen LogP contribution in [0.3, 0.4) is 0 Å². The van der Waals surface area contributed by atoms with Crippen LogP contribution in [-0.4, -0.2) is 41.5 Å². The summed E-state index contributed by atoms with van der Waals surface area (Å²) in [6.45, 7) is 5.93. The van der Waals surface area contributed by atoms with E-state index in [4.69, 9.17) is 4.74 Å².